The van der Waals surface area contributed by atoms with Gasteiger partial charge in [0.2, 0.25) is 5.91 Å². The van der Waals surface area contributed by atoms with E-state index in [1.165, 1.54) is 6.42 Å². The number of rotatable bonds is 3. The summed E-state index contributed by atoms with van der Waals surface area (Å²) in [4.78, 5) is 14.6. The van der Waals surface area contributed by atoms with E-state index in [4.69, 9.17) is 4.74 Å². The molecule has 0 aromatic heterocycles. The average molecular weight is 252 g/mol. The van der Waals surface area contributed by atoms with Crippen LogP contribution in [0.5, 0.6) is 0 Å². The molecule has 3 saturated heterocycles. The Morgan fingerprint density at radius 2 is 2.33 bits per heavy atom. The third kappa shape index (κ3) is 2.28. The van der Waals surface area contributed by atoms with Crippen molar-refractivity contribution < 1.29 is 9.53 Å². The fraction of sp³-hybridized carbons (Fsp3) is 0.929. The van der Waals surface area contributed by atoms with Gasteiger partial charge in [0, 0.05) is 38.2 Å². The van der Waals surface area contributed by atoms with Gasteiger partial charge in [-0.25, -0.2) is 0 Å². The van der Waals surface area contributed by atoms with Gasteiger partial charge in [-0.2, -0.15) is 0 Å². The minimum atomic E-state index is 0.337. The van der Waals surface area contributed by atoms with E-state index in [1.54, 1.807) is 0 Å². The summed E-state index contributed by atoms with van der Waals surface area (Å²) in [5.74, 6) is 1.03. The monoisotopic (exact) mass is 252 g/mol. The molecular formula is C14H24N2O2. The molecule has 4 atom stereocenters. The van der Waals surface area contributed by atoms with Crippen molar-refractivity contribution >= 4 is 5.91 Å². The number of likely N-dealkylation sites (tertiary alicyclic amines) is 1. The Labute approximate surface area is 109 Å². The first kappa shape index (κ1) is 12.4. The van der Waals surface area contributed by atoms with Crippen molar-refractivity contribution in [1.29, 1.82) is 0 Å². The zero-order valence-electron chi connectivity index (χ0n) is 11.2. The van der Waals surface area contributed by atoms with E-state index in [2.05, 4.69) is 17.1 Å². The third-order valence-electron chi connectivity index (χ3n) is 4.77. The molecule has 18 heavy (non-hydrogen) atoms. The van der Waals surface area contributed by atoms with Crippen LogP contribution in [0.1, 0.15) is 39.0 Å². The number of ether oxygens (including phenoxy) is 1. The van der Waals surface area contributed by atoms with Gasteiger partial charge in [-0.3, -0.25) is 4.79 Å². The van der Waals surface area contributed by atoms with Crippen LogP contribution in [-0.4, -0.2) is 48.7 Å². The fourth-order valence-electron chi connectivity index (χ4n) is 3.88. The minimum absolute atomic E-state index is 0.337. The van der Waals surface area contributed by atoms with E-state index in [0.717, 1.165) is 39.0 Å². The van der Waals surface area contributed by atoms with Gasteiger partial charge >= 0.3 is 0 Å². The molecule has 102 valence electrons. The quantitative estimate of drug-likeness (QED) is 0.819. The van der Waals surface area contributed by atoms with Crippen molar-refractivity contribution in [3.63, 3.8) is 0 Å². The summed E-state index contributed by atoms with van der Waals surface area (Å²) in [7, 11) is 0. The standard InChI is InChI=1S/C14H24N2O2/c1-10-7-11-8-15-9-13(11)16(10)14(17)5-4-12-3-2-6-18-12/h10-13,15H,2-9H2,1H3. The Morgan fingerprint density at radius 1 is 1.44 bits per heavy atom. The van der Waals surface area contributed by atoms with Crippen LogP contribution in [0, 0.1) is 5.92 Å². The van der Waals surface area contributed by atoms with Crippen molar-refractivity contribution in [1.82, 2.24) is 10.2 Å². The van der Waals surface area contributed by atoms with Gasteiger partial charge in [0.15, 0.2) is 0 Å². The summed E-state index contributed by atoms with van der Waals surface area (Å²) in [6.07, 6.45) is 5.38. The van der Waals surface area contributed by atoms with E-state index in [-0.39, 0.29) is 0 Å². The van der Waals surface area contributed by atoms with Gasteiger partial charge < -0.3 is 15.0 Å². The first-order valence-corrected chi connectivity index (χ1v) is 7.39. The molecule has 4 unspecified atom stereocenters. The number of hydrogen-bond acceptors (Lipinski definition) is 3. The highest BCUT2D eigenvalue weighted by atomic mass is 16.5. The third-order valence-corrected chi connectivity index (χ3v) is 4.77. The first-order chi connectivity index (χ1) is 8.75. The number of nitrogens with one attached hydrogen (secondary N) is 1. The van der Waals surface area contributed by atoms with Gasteiger partial charge in [-0.15, -0.1) is 0 Å². The van der Waals surface area contributed by atoms with Crippen molar-refractivity contribution in [3.8, 4) is 0 Å². The molecule has 0 aromatic rings. The lowest BCUT2D eigenvalue weighted by Gasteiger charge is -2.28. The predicted molar refractivity (Wildman–Crippen MR) is 69.3 cm³/mol. The molecule has 4 nitrogen and oxygen atoms in total. The van der Waals surface area contributed by atoms with E-state index in [9.17, 15) is 4.79 Å². The lowest BCUT2D eigenvalue weighted by Crippen LogP contribution is -2.42. The van der Waals surface area contributed by atoms with E-state index in [0.29, 0.717) is 36.4 Å². The Bertz CT molecular complexity index is 315. The van der Waals surface area contributed by atoms with Gasteiger partial charge in [0.1, 0.15) is 0 Å². The molecule has 1 N–H and O–H groups in total. The molecule has 3 rings (SSSR count). The lowest BCUT2D eigenvalue weighted by molar-refractivity contribution is -0.134. The molecule has 1 amide bonds. The van der Waals surface area contributed by atoms with E-state index >= 15 is 0 Å². The van der Waals surface area contributed by atoms with Gasteiger partial charge in [0.05, 0.1) is 6.10 Å². The maximum Gasteiger partial charge on any atom is 0.223 e. The van der Waals surface area contributed by atoms with Crippen LogP contribution >= 0.6 is 0 Å². The maximum atomic E-state index is 12.4. The first-order valence-electron chi connectivity index (χ1n) is 7.39. The second kappa shape index (κ2) is 5.17. The van der Waals surface area contributed by atoms with Crippen LogP contribution < -0.4 is 5.32 Å². The van der Waals surface area contributed by atoms with Crippen LogP contribution in [0.25, 0.3) is 0 Å². The molecule has 0 saturated carbocycles. The number of fused-ring (bicyclic) bond motifs is 1. The molecular weight excluding hydrogens is 228 g/mol. The van der Waals surface area contributed by atoms with Crippen LogP contribution in [-0.2, 0) is 9.53 Å². The zero-order valence-corrected chi connectivity index (χ0v) is 11.2. The topological polar surface area (TPSA) is 41.6 Å². The number of carbonyl (C=O) groups excluding carboxylic acids is 1. The summed E-state index contributed by atoms with van der Waals surface area (Å²) in [5.41, 5.74) is 0. The molecule has 4 heteroatoms. The summed E-state index contributed by atoms with van der Waals surface area (Å²) >= 11 is 0. The molecule has 3 aliphatic rings. The second-order valence-corrected chi connectivity index (χ2v) is 6.05. The molecule has 0 aliphatic carbocycles. The van der Waals surface area contributed by atoms with Crippen molar-refractivity contribution in [2.24, 2.45) is 5.92 Å². The molecule has 0 bridgehead atoms. The number of nitrogens with zero attached hydrogens (tertiary/aromatic N) is 1. The maximum absolute atomic E-state index is 12.4. The average Bonchev–Trinajstić information content (AvgIpc) is 3.01. The summed E-state index contributed by atoms with van der Waals surface area (Å²) < 4.78 is 5.60. The SMILES string of the molecule is CC1CC2CNCC2N1C(=O)CCC1CCCO1. The molecule has 0 spiro atoms. The normalized spacial score (nSPS) is 39.3. The minimum Gasteiger partial charge on any atom is -0.378 e. The van der Waals surface area contributed by atoms with Gasteiger partial charge in [0.25, 0.3) is 0 Å². The van der Waals surface area contributed by atoms with Crippen molar-refractivity contribution in [3.05, 3.63) is 0 Å². The highest BCUT2D eigenvalue weighted by Crippen LogP contribution is 2.33. The Hall–Kier alpha value is -0.610. The summed E-state index contributed by atoms with van der Waals surface area (Å²) in [5, 5.41) is 3.41. The zero-order chi connectivity index (χ0) is 12.5. The molecule has 3 fully saturated rings. The summed E-state index contributed by atoms with van der Waals surface area (Å²) in [6, 6.07) is 0.885. The molecule has 0 aromatic carbocycles. The van der Waals surface area contributed by atoms with Crippen LogP contribution in [0.3, 0.4) is 0 Å². The van der Waals surface area contributed by atoms with E-state index < -0.39 is 0 Å². The van der Waals surface area contributed by atoms with Crippen LogP contribution in [0.4, 0.5) is 0 Å². The van der Waals surface area contributed by atoms with Crippen LogP contribution in [0.2, 0.25) is 0 Å². The second-order valence-electron chi connectivity index (χ2n) is 6.05. The van der Waals surface area contributed by atoms with Gasteiger partial charge in [-0.1, -0.05) is 0 Å². The predicted octanol–water partition coefficient (Wildman–Crippen LogP) is 1.15. The van der Waals surface area contributed by atoms with Gasteiger partial charge in [-0.05, 0) is 38.5 Å². The number of hydrogen-bond donors (Lipinski definition) is 1. The molecule has 3 aliphatic heterocycles. The fourth-order valence-corrected chi connectivity index (χ4v) is 3.88. The summed E-state index contributed by atoms with van der Waals surface area (Å²) in [6.45, 7) is 5.15. The smallest absolute Gasteiger partial charge is 0.223 e. The van der Waals surface area contributed by atoms with Crippen LogP contribution in [0.15, 0.2) is 0 Å². The van der Waals surface area contributed by atoms with Crippen molar-refractivity contribution in [2.75, 3.05) is 19.7 Å². The molecule has 3 heterocycles. The van der Waals surface area contributed by atoms with E-state index in [1.807, 2.05) is 0 Å². The Morgan fingerprint density at radius 3 is 3.11 bits per heavy atom. The Kier molecular flexibility index (Phi) is 3.57. The number of carbonyl (C=O) groups is 1. The number of amides is 1. The molecule has 0 radical (unpaired) electrons. The Balaban J connectivity index is 1.54. The lowest BCUT2D eigenvalue weighted by atomic mass is 10.0. The highest BCUT2D eigenvalue weighted by molar-refractivity contribution is 5.77. The largest absolute Gasteiger partial charge is 0.378 e. The highest BCUT2D eigenvalue weighted by Gasteiger charge is 2.43. The van der Waals surface area contributed by atoms with Crippen molar-refractivity contribution in [2.45, 2.75) is 57.2 Å².